The first-order valence-electron chi connectivity index (χ1n) is 21.3. The van der Waals surface area contributed by atoms with Crippen LogP contribution in [0.15, 0.2) is 0 Å². The van der Waals surface area contributed by atoms with Gasteiger partial charge in [0.2, 0.25) is 17.7 Å². The Morgan fingerprint density at radius 3 is 1.73 bits per heavy atom. The molecule has 0 saturated carbocycles. The molecule has 0 spiro atoms. The molecule has 14 N–H and O–H groups in total. The zero-order chi connectivity index (χ0) is 48.7. The van der Waals surface area contributed by atoms with Gasteiger partial charge in [-0.15, -0.1) is 10.0 Å². The first-order valence-corrected chi connectivity index (χ1v) is 21.3. The Morgan fingerprint density at radius 2 is 1.14 bits per heavy atom. The monoisotopic (exact) mass is 958 g/mol. The second-order valence-corrected chi connectivity index (χ2v) is 15.7. The number of nitrogens with one attached hydrogen (secondary N) is 4. The predicted octanol–water partition coefficient (Wildman–Crippen LogP) is -9.60. The van der Waals surface area contributed by atoms with Crippen molar-refractivity contribution in [3.63, 3.8) is 0 Å². The molecule has 29 heteroatoms. The van der Waals surface area contributed by atoms with Gasteiger partial charge in [-0.1, -0.05) is 6.92 Å². The third-order valence-corrected chi connectivity index (χ3v) is 10.6. The molecule has 0 unspecified atom stereocenters. The second kappa shape index (κ2) is 26.7. The van der Waals surface area contributed by atoms with E-state index in [1.165, 1.54) is 4.90 Å². The van der Waals surface area contributed by atoms with E-state index in [-0.39, 0.29) is 51.9 Å². The van der Waals surface area contributed by atoms with E-state index in [0.29, 0.717) is 18.0 Å². The zero-order valence-electron chi connectivity index (χ0n) is 35.9. The molecule has 0 aliphatic carbocycles. The summed E-state index contributed by atoms with van der Waals surface area (Å²) in [5, 5.41) is 111. The molecule has 0 aromatic carbocycles. The van der Waals surface area contributed by atoms with Crippen LogP contribution in [0.4, 0.5) is 0 Å². The third-order valence-electron chi connectivity index (χ3n) is 10.6. The molecule has 6 amide bonds. The van der Waals surface area contributed by atoms with E-state index >= 15 is 0 Å². The van der Waals surface area contributed by atoms with Crippen LogP contribution in [0, 0.1) is 0 Å². The van der Waals surface area contributed by atoms with Crippen molar-refractivity contribution in [3.05, 3.63) is 0 Å². The summed E-state index contributed by atoms with van der Waals surface area (Å²) in [6.45, 7) is -1.92. The first kappa shape index (κ1) is 54.9. The number of hydroxylamine groups is 3. The number of hydrogen-bond donors (Lipinski definition) is 14. The van der Waals surface area contributed by atoms with Gasteiger partial charge in [0.1, 0.15) is 73.2 Å². The number of carbonyl (C=O) groups is 6. The quantitative estimate of drug-likeness (QED) is 0.0229. The molecule has 4 heterocycles. The van der Waals surface area contributed by atoms with Gasteiger partial charge >= 0.3 is 0 Å². The van der Waals surface area contributed by atoms with Crippen molar-refractivity contribution in [3.8, 4) is 0 Å². The number of amides is 6. The lowest BCUT2D eigenvalue weighted by Gasteiger charge is -2.46. The molecule has 378 valence electrons. The van der Waals surface area contributed by atoms with Crippen molar-refractivity contribution < 1.29 is 113 Å². The Morgan fingerprint density at radius 1 is 0.621 bits per heavy atom. The predicted molar refractivity (Wildman–Crippen MR) is 210 cm³/mol. The Hall–Kier alpha value is -3.70. The van der Waals surface area contributed by atoms with Crippen molar-refractivity contribution in [2.75, 3.05) is 65.7 Å². The van der Waals surface area contributed by atoms with Gasteiger partial charge in [0, 0.05) is 38.9 Å². The SMILES string of the molecule is CCCNC(=O)CN(CC(=O)NCCCC(=O)NCCO[C@H]1O[C@H](CO[C@H]2O[C@H](CO)[C@@H](O)[C@H](O)[C@@H]2O)[C@@H](O)[C@H](O[C@H]2O[C@H](CO)[C@@H](O)[C@H](O)[C@@H]2O)[C@@H]1O)CC(=O)NON1C(=O)CCC1=O. The van der Waals surface area contributed by atoms with E-state index in [1.54, 1.807) is 0 Å². The smallest absolute Gasteiger partial charge is 0.259 e. The standard InChI is InChI=1S/C37H62N6O23/c1-2-7-38-21(47)11-42(13-23(49)41-66-43-24(50)5-6-25(43)51)12-22(48)39-8-3-4-20(46)40-9-10-60-36-33(59)34(65-37-32(58)30(56)27(53)18(15-45)63-37)28(54)19(64-36)16-61-35-31(57)29(55)26(52)17(14-44)62-35/h17-19,26-37,44-45,52-59H,2-16H2,1H3,(H,38,47)(H,39,48)(H,40,46)(H,41,49)/t17-,18-,19-,26-,27-,28-,29+,30+,31+,32+,33+,34+,35+,36+,37-/m1/s1. The fourth-order valence-electron chi connectivity index (χ4n) is 6.94. The molecule has 66 heavy (non-hydrogen) atoms. The molecular formula is C37H62N6O23. The van der Waals surface area contributed by atoms with Crippen molar-refractivity contribution in [2.45, 2.75) is 131 Å². The van der Waals surface area contributed by atoms with Crippen molar-refractivity contribution >= 4 is 35.4 Å². The highest BCUT2D eigenvalue weighted by Crippen LogP contribution is 2.31. The van der Waals surface area contributed by atoms with Crippen LogP contribution in [0.25, 0.3) is 0 Å². The molecule has 4 aliphatic rings. The van der Waals surface area contributed by atoms with E-state index < -0.39 is 160 Å². The van der Waals surface area contributed by atoms with Crippen molar-refractivity contribution in [1.29, 1.82) is 0 Å². The highest BCUT2D eigenvalue weighted by atomic mass is 16.8. The van der Waals surface area contributed by atoms with Crippen molar-refractivity contribution in [1.82, 2.24) is 31.4 Å². The van der Waals surface area contributed by atoms with Crippen LogP contribution in [0.1, 0.15) is 39.0 Å². The summed E-state index contributed by atoms with van der Waals surface area (Å²) in [7, 11) is 0. The average molecular weight is 959 g/mol. The Kier molecular flexibility index (Phi) is 22.2. The van der Waals surface area contributed by atoms with E-state index in [9.17, 15) is 79.8 Å². The zero-order valence-corrected chi connectivity index (χ0v) is 35.9. The minimum Gasteiger partial charge on any atom is -0.394 e. The van der Waals surface area contributed by atoms with Crippen LogP contribution in [0.3, 0.4) is 0 Å². The first-order chi connectivity index (χ1) is 31.4. The molecule has 0 radical (unpaired) electrons. The topological polar surface area (TPSA) is 424 Å². The number of imide groups is 1. The maximum Gasteiger partial charge on any atom is 0.259 e. The van der Waals surface area contributed by atoms with E-state index in [0.717, 1.165) is 0 Å². The summed E-state index contributed by atoms with van der Waals surface area (Å²) in [6, 6.07) is 0. The second-order valence-electron chi connectivity index (χ2n) is 15.7. The minimum atomic E-state index is -1.95. The Balaban J connectivity index is 1.26. The maximum atomic E-state index is 12.7. The molecule has 15 atom stereocenters. The average Bonchev–Trinajstić information content (AvgIpc) is 3.61. The van der Waals surface area contributed by atoms with Gasteiger partial charge in [-0.05, 0) is 12.8 Å². The van der Waals surface area contributed by atoms with Gasteiger partial charge in [-0.3, -0.25) is 33.7 Å². The fourth-order valence-corrected chi connectivity index (χ4v) is 6.94. The van der Waals surface area contributed by atoms with Crippen LogP contribution in [-0.2, 0) is 62.1 Å². The highest BCUT2D eigenvalue weighted by Gasteiger charge is 2.52. The molecular weight excluding hydrogens is 896 g/mol. The highest BCUT2D eigenvalue weighted by molar-refractivity contribution is 6.00. The third kappa shape index (κ3) is 15.4. The van der Waals surface area contributed by atoms with Gasteiger partial charge < -0.3 is 95.4 Å². The lowest BCUT2D eigenvalue weighted by molar-refractivity contribution is -0.366. The molecule has 0 aromatic rings. The number of aliphatic hydroxyl groups is 10. The molecule has 29 nitrogen and oxygen atoms in total. The number of carbonyl (C=O) groups excluding carboxylic acids is 6. The largest absolute Gasteiger partial charge is 0.394 e. The summed E-state index contributed by atoms with van der Waals surface area (Å²) in [5.41, 5.74) is 1.94. The van der Waals surface area contributed by atoms with Gasteiger partial charge in [0.25, 0.3) is 17.7 Å². The van der Waals surface area contributed by atoms with Gasteiger partial charge in [-0.25, -0.2) is 5.48 Å². The molecule has 4 rings (SSSR count). The summed E-state index contributed by atoms with van der Waals surface area (Å²) in [6.07, 6.45) is -25.4. The van der Waals surface area contributed by atoms with E-state index in [4.69, 9.17) is 33.4 Å². The molecule has 4 fully saturated rings. The Labute approximate surface area is 376 Å². The summed E-state index contributed by atoms with van der Waals surface area (Å²) >= 11 is 0. The molecule has 0 bridgehead atoms. The van der Waals surface area contributed by atoms with E-state index in [2.05, 4.69) is 16.0 Å². The number of hydrogen-bond acceptors (Lipinski definition) is 24. The van der Waals surface area contributed by atoms with Crippen LogP contribution in [0.5, 0.6) is 0 Å². The number of ether oxygens (including phenoxy) is 6. The summed E-state index contributed by atoms with van der Waals surface area (Å²) < 4.78 is 33.2. The van der Waals surface area contributed by atoms with E-state index in [1.807, 2.05) is 12.4 Å². The minimum absolute atomic E-state index is 0.0000351. The van der Waals surface area contributed by atoms with Crippen LogP contribution >= 0.6 is 0 Å². The number of rotatable bonds is 25. The van der Waals surface area contributed by atoms with Gasteiger partial charge in [0.05, 0.1) is 46.1 Å². The van der Waals surface area contributed by atoms with Gasteiger partial charge in [-0.2, -0.15) is 0 Å². The fraction of sp³-hybridized carbons (Fsp3) is 0.838. The van der Waals surface area contributed by atoms with Crippen LogP contribution in [0.2, 0.25) is 0 Å². The Bertz CT molecular complexity index is 1580. The molecule has 0 aromatic heterocycles. The van der Waals surface area contributed by atoms with Gasteiger partial charge in [0.15, 0.2) is 18.9 Å². The van der Waals surface area contributed by atoms with Crippen LogP contribution < -0.4 is 21.4 Å². The van der Waals surface area contributed by atoms with Crippen LogP contribution in [-0.4, -0.2) is 254 Å². The number of aliphatic hydroxyl groups excluding tert-OH is 10. The summed E-state index contributed by atoms with van der Waals surface area (Å²) in [4.78, 5) is 79.6. The lowest BCUT2D eigenvalue weighted by Crippen LogP contribution is -2.65. The molecule has 4 saturated heterocycles. The maximum absolute atomic E-state index is 12.7. The summed E-state index contributed by atoms with van der Waals surface area (Å²) in [5.74, 6) is -3.74. The number of nitrogens with zero attached hydrogens (tertiary/aromatic N) is 2. The normalized spacial score (nSPS) is 33.8. The molecule has 4 aliphatic heterocycles. The van der Waals surface area contributed by atoms with Crippen molar-refractivity contribution in [2.24, 2.45) is 0 Å². The lowest BCUT2D eigenvalue weighted by atomic mass is 9.96.